The third-order valence-electron chi connectivity index (χ3n) is 2.99. The largest absolute Gasteiger partial charge is 0.508 e. The summed E-state index contributed by atoms with van der Waals surface area (Å²) in [6.07, 6.45) is 3.15. The first-order valence-electron chi connectivity index (χ1n) is 6.37. The van der Waals surface area contributed by atoms with Crippen LogP contribution in [0.4, 0.5) is 0 Å². The van der Waals surface area contributed by atoms with E-state index >= 15 is 0 Å². The fourth-order valence-corrected chi connectivity index (χ4v) is 1.85. The van der Waals surface area contributed by atoms with E-state index in [9.17, 15) is 9.90 Å². The normalized spacial score (nSPS) is 10.6. The number of ether oxygens (including phenoxy) is 2. The summed E-state index contributed by atoms with van der Waals surface area (Å²) in [5.41, 5.74) is 1.29. The van der Waals surface area contributed by atoms with Crippen LogP contribution in [0.25, 0.3) is 6.08 Å². The minimum absolute atomic E-state index is 0.164. The van der Waals surface area contributed by atoms with Gasteiger partial charge in [0.25, 0.3) is 0 Å². The lowest BCUT2D eigenvalue weighted by Gasteiger charge is -2.07. The summed E-state index contributed by atoms with van der Waals surface area (Å²) < 4.78 is 10.3. The van der Waals surface area contributed by atoms with Crippen molar-refractivity contribution in [3.8, 4) is 17.2 Å². The van der Waals surface area contributed by atoms with Gasteiger partial charge in [-0.05, 0) is 35.9 Å². The van der Waals surface area contributed by atoms with Crippen LogP contribution in [0.15, 0.2) is 48.5 Å². The summed E-state index contributed by atoms with van der Waals surface area (Å²) in [5.74, 6) is 1.12. The molecule has 0 aliphatic carbocycles. The summed E-state index contributed by atoms with van der Waals surface area (Å²) >= 11 is 0. The third-order valence-corrected chi connectivity index (χ3v) is 2.99. The number of benzene rings is 2. The number of aromatic hydroxyl groups is 1. The highest BCUT2D eigenvalue weighted by atomic mass is 16.5. The molecule has 4 heteroatoms. The standard InChI is InChI=1S/C17H16O4/c1-20-14-8-9-15(17(11-14)21-2)16(19)10-5-12-3-6-13(18)7-4-12/h3-11,18H,1-2H3/b10-5+. The van der Waals surface area contributed by atoms with Crippen molar-refractivity contribution in [3.63, 3.8) is 0 Å². The number of carbonyl (C=O) groups excluding carboxylic acids is 1. The maximum Gasteiger partial charge on any atom is 0.189 e. The van der Waals surface area contributed by atoms with Crippen LogP contribution in [-0.4, -0.2) is 25.1 Å². The Hall–Kier alpha value is -2.75. The molecule has 0 radical (unpaired) electrons. The predicted molar refractivity (Wildman–Crippen MR) is 81.0 cm³/mol. The summed E-state index contributed by atoms with van der Waals surface area (Å²) in [6, 6.07) is 11.6. The summed E-state index contributed by atoms with van der Waals surface area (Å²) in [6.45, 7) is 0. The number of ketones is 1. The average Bonchev–Trinajstić information content (AvgIpc) is 2.53. The molecule has 0 aromatic heterocycles. The van der Waals surface area contributed by atoms with Crippen LogP contribution in [-0.2, 0) is 0 Å². The van der Waals surface area contributed by atoms with E-state index in [0.717, 1.165) is 5.56 Å². The highest BCUT2D eigenvalue weighted by Crippen LogP contribution is 2.25. The number of hydrogen-bond donors (Lipinski definition) is 1. The van der Waals surface area contributed by atoms with Gasteiger partial charge in [0.2, 0.25) is 0 Å². The van der Waals surface area contributed by atoms with Crippen LogP contribution < -0.4 is 9.47 Å². The second-order valence-corrected chi connectivity index (χ2v) is 4.36. The predicted octanol–water partition coefficient (Wildman–Crippen LogP) is 3.31. The molecule has 2 aromatic carbocycles. The molecule has 0 aliphatic rings. The lowest BCUT2D eigenvalue weighted by molar-refractivity contribution is 0.104. The van der Waals surface area contributed by atoms with Gasteiger partial charge in [-0.2, -0.15) is 0 Å². The number of hydrogen-bond acceptors (Lipinski definition) is 4. The quantitative estimate of drug-likeness (QED) is 0.676. The number of allylic oxidation sites excluding steroid dienone is 1. The number of methoxy groups -OCH3 is 2. The Labute approximate surface area is 123 Å². The highest BCUT2D eigenvalue weighted by Gasteiger charge is 2.10. The molecule has 21 heavy (non-hydrogen) atoms. The Morgan fingerprint density at radius 2 is 1.76 bits per heavy atom. The second kappa shape index (κ2) is 6.61. The molecule has 2 rings (SSSR count). The maximum absolute atomic E-state index is 12.2. The van der Waals surface area contributed by atoms with Crippen LogP contribution in [0.1, 0.15) is 15.9 Å². The van der Waals surface area contributed by atoms with Crippen molar-refractivity contribution >= 4 is 11.9 Å². The van der Waals surface area contributed by atoms with Gasteiger partial charge in [0, 0.05) is 6.07 Å². The van der Waals surface area contributed by atoms with E-state index in [4.69, 9.17) is 9.47 Å². The molecular weight excluding hydrogens is 268 g/mol. The van der Waals surface area contributed by atoms with Gasteiger partial charge in [0.1, 0.15) is 17.2 Å². The van der Waals surface area contributed by atoms with Crippen LogP contribution in [0, 0.1) is 0 Å². The summed E-state index contributed by atoms with van der Waals surface area (Å²) in [4.78, 5) is 12.2. The van der Waals surface area contributed by atoms with E-state index in [-0.39, 0.29) is 11.5 Å². The zero-order valence-corrected chi connectivity index (χ0v) is 11.9. The summed E-state index contributed by atoms with van der Waals surface area (Å²) in [5, 5.41) is 9.21. The number of phenolic OH excluding ortho intramolecular Hbond substituents is 1. The van der Waals surface area contributed by atoms with Crippen molar-refractivity contribution < 1.29 is 19.4 Å². The lowest BCUT2D eigenvalue weighted by Crippen LogP contribution is -1.99. The molecule has 0 spiro atoms. The second-order valence-electron chi connectivity index (χ2n) is 4.36. The molecule has 0 saturated heterocycles. The molecule has 108 valence electrons. The van der Waals surface area contributed by atoms with Crippen LogP contribution in [0.2, 0.25) is 0 Å². The van der Waals surface area contributed by atoms with Crippen molar-refractivity contribution in [2.75, 3.05) is 14.2 Å². The Bertz CT molecular complexity index is 657. The molecule has 0 unspecified atom stereocenters. The van der Waals surface area contributed by atoms with Crippen LogP contribution >= 0.6 is 0 Å². The molecular formula is C17H16O4. The van der Waals surface area contributed by atoms with Gasteiger partial charge in [-0.25, -0.2) is 0 Å². The third kappa shape index (κ3) is 3.63. The van der Waals surface area contributed by atoms with E-state index in [1.807, 2.05) is 0 Å². The van der Waals surface area contributed by atoms with E-state index in [2.05, 4.69) is 0 Å². The molecule has 0 atom stereocenters. The Kier molecular flexibility index (Phi) is 4.61. The molecule has 4 nitrogen and oxygen atoms in total. The number of rotatable bonds is 5. The van der Waals surface area contributed by atoms with Gasteiger partial charge in [0.05, 0.1) is 19.8 Å². The van der Waals surface area contributed by atoms with Crippen LogP contribution in [0.3, 0.4) is 0 Å². The minimum atomic E-state index is -0.164. The summed E-state index contributed by atoms with van der Waals surface area (Å²) in [7, 11) is 3.07. The number of carbonyl (C=O) groups is 1. The molecule has 0 amide bonds. The van der Waals surface area contributed by atoms with Crippen molar-refractivity contribution in [1.29, 1.82) is 0 Å². The van der Waals surface area contributed by atoms with Gasteiger partial charge >= 0.3 is 0 Å². The van der Waals surface area contributed by atoms with Crippen LogP contribution in [0.5, 0.6) is 17.2 Å². The molecule has 0 bridgehead atoms. The van der Waals surface area contributed by atoms with E-state index < -0.39 is 0 Å². The lowest BCUT2D eigenvalue weighted by atomic mass is 10.1. The van der Waals surface area contributed by atoms with Gasteiger partial charge < -0.3 is 14.6 Å². The van der Waals surface area contributed by atoms with E-state index in [1.165, 1.54) is 13.2 Å². The molecule has 0 fully saturated rings. The SMILES string of the molecule is COc1ccc(C(=O)/C=C/c2ccc(O)cc2)c(OC)c1. The topological polar surface area (TPSA) is 55.8 Å². The van der Waals surface area contributed by atoms with Gasteiger partial charge in [0.15, 0.2) is 5.78 Å². The fourth-order valence-electron chi connectivity index (χ4n) is 1.85. The average molecular weight is 284 g/mol. The first kappa shape index (κ1) is 14.7. The first-order chi connectivity index (χ1) is 10.1. The monoisotopic (exact) mass is 284 g/mol. The fraction of sp³-hybridized carbons (Fsp3) is 0.118. The van der Waals surface area contributed by atoms with Gasteiger partial charge in [-0.1, -0.05) is 18.2 Å². The molecule has 0 saturated carbocycles. The first-order valence-corrected chi connectivity index (χ1v) is 6.37. The Balaban J connectivity index is 2.22. The zero-order valence-electron chi connectivity index (χ0n) is 11.9. The molecule has 0 heterocycles. The zero-order chi connectivity index (χ0) is 15.2. The van der Waals surface area contributed by atoms with Gasteiger partial charge in [-0.3, -0.25) is 4.79 Å². The van der Waals surface area contributed by atoms with E-state index in [1.54, 1.807) is 55.7 Å². The van der Waals surface area contributed by atoms with Gasteiger partial charge in [-0.15, -0.1) is 0 Å². The Morgan fingerprint density at radius 3 is 2.38 bits per heavy atom. The van der Waals surface area contributed by atoms with Crippen molar-refractivity contribution in [3.05, 3.63) is 59.7 Å². The minimum Gasteiger partial charge on any atom is -0.508 e. The molecule has 1 N–H and O–H groups in total. The van der Waals surface area contributed by atoms with E-state index in [0.29, 0.717) is 17.1 Å². The van der Waals surface area contributed by atoms with Crippen molar-refractivity contribution in [2.24, 2.45) is 0 Å². The molecule has 2 aromatic rings. The van der Waals surface area contributed by atoms with Crippen molar-refractivity contribution in [1.82, 2.24) is 0 Å². The Morgan fingerprint density at radius 1 is 1.05 bits per heavy atom. The highest BCUT2D eigenvalue weighted by molar-refractivity contribution is 6.08. The smallest absolute Gasteiger partial charge is 0.189 e. The molecule has 0 aliphatic heterocycles. The maximum atomic E-state index is 12.2. The number of phenols is 1. The van der Waals surface area contributed by atoms with Crippen molar-refractivity contribution in [2.45, 2.75) is 0 Å².